The van der Waals surface area contributed by atoms with Gasteiger partial charge in [0, 0.05) is 43.6 Å². The Hall–Kier alpha value is -1.86. The van der Waals surface area contributed by atoms with E-state index in [1.807, 2.05) is 0 Å². The zero-order valence-corrected chi connectivity index (χ0v) is 16.3. The third kappa shape index (κ3) is 3.24. The van der Waals surface area contributed by atoms with Crippen LogP contribution in [-0.4, -0.2) is 56.0 Å². The Kier molecular flexibility index (Phi) is 4.88. The van der Waals surface area contributed by atoms with Gasteiger partial charge in [0.1, 0.15) is 11.6 Å². The van der Waals surface area contributed by atoms with Crippen molar-refractivity contribution in [1.82, 2.24) is 10.2 Å². The van der Waals surface area contributed by atoms with Crippen LogP contribution in [0, 0.1) is 17.7 Å². The van der Waals surface area contributed by atoms with Crippen LogP contribution in [0.1, 0.15) is 30.9 Å². The van der Waals surface area contributed by atoms with Crippen LogP contribution in [0.15, 0.2) is 17.1 Å². The van der Waals surface area contributed by atoms with Gasteiger partial charge in [0.2, 0.25) is 0 Å². The predicted molar refractivity (Wildman–Crippen MR) is 103 cm³/mol. The highest BCUT2D eigenvalue weighted by Gasteiger charge is 2.53. The zero-order chi connectivity index (χ0) is 19.1. The minimum atomic E-state index is -0.249. The monoisotopic (exact) mass is 389 g/mol. The molecule has 2 bridgehead atoms. The number of rotatable bonds is 4. The molecular weight excluding hydrogens is 361 g/mol. The van der Waals surface area contributed by atoms with Crippen molar-refractivity contribution in [3.63, 3.8) is 0 Å². The van der Waals surface area contributed by atoms with Gasteiger partial charge in [-0.2, -0.15) is 0 Å². The summed E-state index contributed by atoms with van der Waals surface area (Å²) < 4.78 is 30.9. The molecule has 4 heterocycles. The summed E-state index contributed by atoms with van der Waals surface area (Å²) in [6.07, 6.45) is 3.95. The number of fused-ring (bicyclic) bond motifs is 6. The molecule has 1 N–H and O–H groups in total. The third-order valence-corrected chi connectivity index (χ3v) is 6.48. The highest BCUT2D eigenvalue weighted by atomic mass is 19.1. The van der Waals surface area contributed by atoms with Gasteiger partial charge in [-0.1, -0.05) is 0 Å². The molecule has 0 saturated carbocycles. The second kappa shape index (κ2) is 7.52. The summed E-state index contributed by atoms with van der Waals surface area (Å²) in [6, 6.07) is 3.05. The molecule has 3 saturated heterocycles. The lowest BCUT2D eigenvalue weighted by Crippen LogP contribution is -2.41. The maximum Gasteiger partial charge on any atom is 0.193 e. The number of nitrogens with zero attached hydrogens (tertiary/aromatic N) is 2. The zero-order valence-electron chi connectivity index (χ0n) is 16.3. The van der Waals surface area contributed by atoms with Crippen LogP contribution in [0.4, 0.5) is 4.39 Å². The Bertz CT molecular complexity index is 754. The number of benzene rings is 1. The number of halogens is 1. The average molecular weight is 389 g/mol. The summed E-state index contributed by atoms with van der Waals surface area (Å²) in [4.78, 5) is 7.24. The van der Waals surface area contributed by atoms with Crippen molar-refractivity contribution in [2.75, 3.05) is 33.0 Å². The van der Waals surface area contributed by atoms with Crippen LogP contribution in [0.2, 0.25) is 0 Å². The fourth-order valence-electron chi connectivity index (χ4n) is 5.28. The van der Waals surface area contributed by atoms with E-state index in [0.29, 0.717) is 43.6 Å². The molecule has 4 aliphatic rings. The van der Waals surface area contributed by atoms with Crippen LogP contribution in [0.25, 0.3) is 0 Å². The van der Waals surface area contributed by atoms with Crippen LogP contribution in [0.3, 0.4) is 0 Å². The Labute approximate surface area is 165 Å². The summed E-state index contributed by atoms with van der Waals surface area (Å²) in [5, 5.41) is 3.43. The first-order valence-electron chi connectivity index (χ1n) is 10.4. The molecule has 0 radical (unpaired) electrons. The third-order valence-electron chi connectivity index (χ3n) is 6.48. The molecule has 0 amide bonds. The van der Waals surface area contributed by atoms with Crippen molar-refractivity contribution < 1.29 is 18.6 Å². The molecule has 0 aliphatic carbocycles. The Morgan fingerprint density at radius 1 is 1.25 bits per heavy atom. The summed E-state index contributed by atoms with van der Waals surface area (Å²) >= 11 is 0. The molecule has 5 rings (SSSR count). The number of guanidine groups is 1. The van der Waals surface area contributed by atoms with Gasteiger partial charge in [-0.3, -0.25) is 4.99 Å². The van der Waals surface area contributed by atoms with Gasteiger partial charge in [0.15, 0.2) is 12.8 Å². The SMILES string of the molecule is CCNC(=NCCc1cc(F)cc2c1OCOC2)N1CC2C3CCC(O3)C2C1. The number of likely N-dealkylation sites (tertiary alicyclic amines) is 1. The van der Waals surface area contributed by atoms with Gasteiger partial charge in [0.25, 0.3) is 0 Å². The first-order chi connectivity index (χ1) is 13.7. The van der Waals surface area contributed by atoms with E-state index < -0.39 is 0 Å². The van der Waals surface area contributed by atoms with Crippen LogP contribution in [-0.2, 0) is 22.5 Å². The molecule has 4 atom stereocenters. The van der Waals surface area contributed by atoms with Crippen molar-refractivity contribution in [2.24, 2.45) is 16.8 Å². The molecule has 1 aromatic carbocycles. The van der Waals surface area contributed by atoms with Gasteiger partial charge < -0.3 is 24.4 Å². The molecule has 0 aromatic heterocycles. The molecule has 0 spiro atoms. The second-order valence-corrected chi connectivity index (χ2v) is 8.17. The van der Waals surface area contributed by atoms with Crippen molar-refractivity contribution in [1.29, 1.82) is 0 Å². The number of ether oxygens (including phenoxy) is 3. The molecule has 3 fully saturated rings. The fraction of sp³-hybridized carbons (Fsp3) is 0.667. The lowest BCUT2D eigenvalue weighted by atomic mass is 9.82. The number of aliphatic imine (C=N–C) groups is 1. The Morgan fingerprint density at radius 3 is 2.79 bits per heavy atom. The average Bonchev–Trinajstić information content (AvgIpc) is 3.40. The van der Waals surface area contributed by atoms with E-state index in [1.54, 1.807) is 6.07 Å². The molecule has 28 heavy (non-hydrogen) atoms. The Balaban J connectivity index is 1.27. The van der Waals surface area contributed by atoms with Gasteiger partial charge in [-0.25, -0.2) is 4.39 Å². The normalized spacial score (nSPS) is 30.9. The summed E-state index contributed by atoms with van der Waals surface area (Å²) in [6.45, 7) is 6.18. The van der Waals surface area contributed by atoms with Gasteiger partial charge in [0.05, 0.1) is 18.8 Å². The Morgan fingerprint density at radius 2 is 2.04 bits per heavy atom. The minimum Gasteiger partial charge on any atom is -0.467 e. The van der Waals surface area contributed by atoms with Crippen molar-refractivity contribution in [2.45, 2.75) is 45.0 Å². The smallest absolute Gasteiger partial charge is 0.193 e. The predicted octanol–water partition coefficient (Wildman–Crippen LogP) is 2.31. The molecule has 7 heteroatoms. The second-order valence-electron chi connectivity index (χ2n) is 8.17. The maximum atomic E-state index is 13.9. The van der Waals surface area contributed by atoms with Gasteiger partial charge in [-0.15, -0.1) is 0 Å². The largest absolute Gasteiger partial charge is 0.467 e. The quantitative estimate of drug-likeness (QED) is 0.633. The number of hydrogen-bond donors (Lipinski definition) is 1. The van der Waals surface area contributed by atoms with Crippen molar-refractivity contribution in [3.05, 3.63) is 29.1 Å². The van der Waals surface area contributed by atoms with Gasteiger partial charge >= 0.3 is 0 Å². The topological polar surface area (TPSA) is 55.3 Å². The highest BCUT2D eigenvalue weighted by molar-refractivity contribution is 5.80. The summed E-state index contributed by atoms with van der Waals surface area (Å²) in [7, 11) is 0. The van der Waals surface area contributed by atoms with E-state index in [-0.39, 0.29) is 12.6 Å². The van der Waals surface area contributed by atoms with Crippen LogP contribution in [0.5, 0.6) is 5.75 Å². The van der Waals surface area contributed by atoms with E-state index in [9.17, 15) is 4.39 Å². The van der Waals surface area contributed by atoms with E-state index in [1.165, 1.54) is 18.9 Å². The lowest BCUT2D eigenvalue weighted by Gasteiger charge is -2.24. The minimum absolute atomic E-state index is 0.221. The first kappa shape index (κ1) is 18.2. The first-order valence-corrected chi connectivity index (χ1v) is 10.4. The lowest BCUT2D eigenvalue weighted by molar-refractivity contribution is -0.0172. The standard InChI is InChI=1S/C21H28FN3O3/c1-2-23-21(25-9-16-17(10-25)19-4-3-18(16)28-19)24-6-5-13-7-15(22)8-14-11-26-12-27-20(13)14/h7-8,16-19H,2-6,9-12H2,1H3,(H,23,24). The molecular formula is C21H28FN3O3. The summed E-state index contributed by atoms with van der Waals surface area (Å²) in [5.41, 5.74) is 1.64. The highest BCUT2D eigenvalue weighted by Crippen LogP contribution is 2.47. The van der Waals surface area contributed by atoms with E-state index in [0.717, 1.165) is 42.5 Å². The molecule has 4 unspecified atom stereocenters. The fourth-order valence-corrected chi connectivity index (χ4v) is 5.28. The van der Waals surface area contributed by atoms with Crippen LogP contribution >= 0.6 is 0 Å². The van der Waals surface area contributed by atoms with E-state index in [4.69, 9.17) is 19.2 Å². The van der Waals surface area contributed by atoms with Crippen LogP contribution < -0.4 is 10.1 Å². The van der Waals surface area contributed by atoms with E-state index in [2.05, 4.69) is 17.1 Å². The molecule has 6 nitrogen and oxygen atoms in total. The molecule has 152 valence electrons. The maximum absolute atomic E-state index is 13.9. The summed E-state index contributed by atoms with van der Waals surface area (Å²) in [5.74, 6) is 2.77. The van der Waals surface area contributed by atoms with Crippen molar-refractivity contribution >= 4 is 5.96 Å². The number of nitrogens with one attached hydrogen (secondary N) is 1. The molecule has 1 aromatic rings. The van der Waals surface area contributed by atoms with Crippen molar-refractivity contribution in [3.8, 4) is 5.75 Å². The van der Waals surface area contributed by atoms with E-state index >= 15 is 0 Å². The number of hydrogen-bond acceptors (Lipinski definition) is 4. The molecule has 4 aliphatic heterocycles. The van der Waals surface area contributed by atoms with Gasteiger partial charge in [-0.05, 0) is 43.9 Å².